The summed E-state index contributed by atoms with van der Waals surface area (Å²) in [4.78, 5) is 9.85. The first-order valence-electron chi connectivity index (χ1n) is 3.96. The number of carboxylic acid groups (broad SMARTS) is 1. The van der Waals surface area contributed by atoms with Gasteiger partial charge < -0.3 is 9.90 Å². The standard InChI is InChI=1S/C9H10Cl2O2/c1-2-9(11)4-3-6(10)5-7(9)8(12)13/h3-5,7H,2H2,1H3,(H,12,13)/p-1. The lowest BCUT2D eigenvalue weighted by Crippen LogP contribution is -2.43. The van der Waals surface area contributed by atoms with Crippen LogP contribution in [0.4, 0.5) is 0 Å². The van der Waals surface area contributed by atoms with Crippen LogP contribution in [0.25, 0.3) is 0 Å². The van der Waals surface area contributed by atoms with Gasteiger partial charge in [-0.05, 0) is 12.5 Å². The van der Waals surface area contributed by atoms with E-state index in [0.29, 0.717) is 11.5 Å². The molecule has 0 aromatic heterocycles. The minimum atomic E-state index is -1.20. The number of alkyl halides is 1. The van der Waals surface area contributed by atoms with Gasteiger partial charge in [-0.1, -0.05) is 30.7 Å². The average molecular weight is 220 g/mol. The molecule has 0 saturated carbocycles. The molecule has 4 heteroatoms. The van der Waals surface area contributed by atoms with E-state index in [4.69, 9.17) is 23.2 Å². The van der Waals surface area contributed by atoms with Crippen molar-refractivity contribution in [2.45, 2.75) is 18.2 Å². The third-order valence-electron chi connectivity index (χ3n) is 2.16. The fourth-order valence-corrected chi connectivity index (χ4v) is 1.68. The number of halogens is 2. The molecule has 0 aromatic rings. The summed E-state index contributed by atoms with van der Waals surface area (Å²) in [7, 11) is 0. The zero-order valence-corrected chi connectivity index (χ0v) is 8.60. The third kappa shape index (κ3) is 2.06. The molecule has 72 valence electrons. The number of aliphatic carboxylic acids is 1. The van der Waals surface area contributed by atoms with Crippen molar-refractivity contribution < 1.29 is 9.90 Å². The van der Waals surface area contributed by atoms with Gasteiger partial charge >= 0.3 is 0 Å². The van der Waals surface area contributed by atoms with Crippen molar-refractivity contribution in [1.82, 2.24) is 0 Å². The number of rotatable bonds is 2. The van der Waals surface area contributed by atoms with Crippen LogP contribution in [0, 0.1) is 5.92 Å². The SMILES string of the molecule is CCC1(Cl)C=CC(Cl)=CC1C(=O)[O-]. The highest BCUT2D eigenvalue weighted by atomic mass is 35.5. The van der Waals surface area contributed by atoms with E-state index in [1.54, 1.807) is 12.2 Å². The quantitative estimate of drug-likeness (QED) is 0.660. The predicted octanol–water partition coefficient (Wildman–Crippen LogP) is 1.43. The summed E-state index contributed by atoms with van der Waals surface area (Å²) in [6.45, 7) is 1.82. The molecule has 0 fully saturated rings. The smallest absolute Gasteiger partial charge is 0.0742 e. The maximum absolute atomic E-state index is 10.7. The zero-order valence-electron chi connectivity index (χ0n) is 7.09. The molecule has 2 atom stereocenters. The van der Waals surface area contributed by atoms with E-state index >= 15 is 0 Å². The van der Waals surface area contributed by atoms with Crippen LogP contribution < -0.4 is 5.11 Å². The van der Waals surface area contributed by atoms with E-state index in [1.165, 1.54) is 6.08 Å². The number of hydrogen-bond donors (Lipinski definition) is 0. The van der Waals surface area contributed by atoms with Crippen molar-refractivity contribution in [1.29, 1.82) is 0 Å². The van der Waals surface area contributed by atoms with Crippen molar-refractivity contribution in [3.8, 4) is 0 Å². The first-order chi connectivity index (χ1) is 5.99. The van der Waals surface area contributed by atoms with Crippen LogP contribution in [-0.2, 0) is 4.79 Å². The van der Waals surface area contributed by atoms with Crippen LogP contribution >= 0.6 is 23.2 Å². The topological polar surface area (TPSA) is 40.1 Å². The van der Waals surface area contributed by atoms with Crippen LogP contribution in [0.15, 0.2) is 23.3 Å². The summed E-state index contributed by atoms with van der Waals surface area (Å²) in [6, 6.07) is 0. The third-order valence-corrected chi connectivity index (χ3v) is 3.04. The summed E-state index contributed by atoms with van der Waals surface area (Å²) < 4.78 is 0. The van der Waals surface area contributed by atoms with E-state index < -0.39 is 16.8 Å². The Morgan fingerprint density at radius 3 is 2.85 bits per heavy atom. The fourth-order valence-electron chi connectivity index (χ4n) is 1.28. The van der Waals surface area contributed by atoms with Gasteiger partial charge in [-0.15, -0.1) is 11.6 Å². The van der Waals surface area contributed by atoms with Crippen molar-refractivity contribution in [3.05, 3.63) is 23.3 Å². The van der Waals surface area contributed by atoms with Gasteiger partial charge in [0.25, 0.3) is 0 Å². The lowest BCUT2D eigenvalue weighted by molar-refractivity contribution is -0.310. The van der Waals surface area contributed by atoms with Crippen molar-refractivity contribution in [2.24, 2.45) is 5.92 Å². The fraction of sp³-hybridized carbons (Fsp3) is 0.444. The van der Waals surface area contributed by atoms with Gasteiger partial charge in [-0.3, -0.25) is 0 Å². The van der Waals surface area contributed by atoms with Gasteiger partial charge in [0.2, 0.25) is 0 Å². The Hall–Kier alpha value is -0.470. The van der Waals surface area contributed by atoms with Gasteiger partial charge in [0.05, 0.1) is 10.8 Å². The van der Waals surface area contributed by atoms with Gasteiger partial charge in [-0.2, -0.15) is 0 Å². The average Bonchev–Trinajstić information content (AvgIpc) is 2.09. The first-order valence-corrected chi connectivity index (χ1v) is 4.71. The molecule has 13 heavy (non-hydrogen) atoms. The molecule has 1 rings (SSSR count). The number of carboxylic acids is 1. The Kier molecular flexibility index (Phi) is 3.04. The number of carbonyl (C=O) groups is 1. The first kappa shape index (κ1) is 10.6. The lowest BCUT2D eigenvalue weighted by atomic mass is 9.85. The molecule has 0 amide bonds. The Labute approximate surface area is 86.8 Å². The molecule has 0 spiro atoms. The molecule has 0 N–H and O–H groups in total. The molecule has 1 aliphatic carbocycles. The van der Waals surface area contributed by atoms with Crippen LogP contribution in [0.1, 0.15) is 13.3 Å². The molecule has 2 unspecified atom stereocenters. The minimum absolute atomic E-state index is 0.388. The summed E-state index contributed by atoms with van der Waals surface area (Å²) >= 11 is 11.7. The normalized spacial score (nSPS) is 32.8. The van der Waals surface area contributed by atoms with Gasteiger partial charge in [0.15, 0.2) is 0 Å². The van der Waals surface area contributed by atoms with Crippen molar-refractivity contribution in [2.75, 3.05) is 0 Å². The number of allylic oxidation sites excluding steroid dienone is 3. The van der Waals surface area contributed by atoms with E-state index in [-0.39, 0.29) is 0 Å². The summed E-state index contributed by atoms with van der Waals surface area (Å²) in [5, 5.41) is 11.1. The maximum Gasteiger partial charge on any atom is 0.0742 e. The molecule has 2 nitrogen and oxygen atoms in total. The van der Waals surface area contributed by atoms with E-state index in [2.05, 4.69) is 0 Å². The van der Waals surface area contributed by atoms with Gasteiger partial charge in [0.1, 0.15) is 0 Å². The molecule has 0 saturated heterocycles. The van der Waals surface area contributed by atoms with Crippen LogP contribution in [0.2, 0.25) is 0 Å². The lowest BCUT2D eigenvalue weighted by Gasteiger charge is -2.33. The molecule has 0 bridgehead atoms. The predicted molar refractivity (Wildman–Crippen MR) is 50.4 cm³/mol. The van der Waals surface area contributed by atoms with Crippen LogP contribution in [0.5, 0.6) is 0 Å². The summed E-state index contributed by atoms with van der Waals surface area (Å²) in [6.07, 6.45) is 5.15. The summed E-state index contributed by atoms with van der Waals surface area (Å²) in [5.74, 6) is -2.05. The second-order valence-corrected chi connectivity index (χ2v) is 4.10. The largest absolute Gasteiger partial charge is 0.549 e. The number of hydrogen-bond acceptors (Lipinski definition) is 2. The minimum Gasteiger partial charge on any atom is -0.549 e. The maximum atomic E-state index is 10.7. The summed E-state index contributed by atoms with van der Waals surface area (Å²) in [5.41, 5.74) is 0. The highest BCUT2D eigenvalue weighted by Gasteiger charge is 2.34. The Morgan fingerprint density at radius 1 is 1.77 bits per heavy atom. The molecular formula is C9H9Cl2O2-. The van der Waals surface area contributed by atoms with E-state index in [0.717, 1.165) is 0 Å². The highest BCUT2D eigenvalue weighted by molar-refractivity contribution is 6.32. The van der Waals surface area contributed by atoms with Crippen LogP contribution in [0.3, 0.4) is 0 Å². The molecule has 0 radical (unpaired) electrons. The molecule has 0 aromatic carbocycles. The molecule has 0 heterocycles. The van der Waals surface area contributed by atoms with Crippen molar-refractivity contribution in [3.63, 3.8) is 0 Å². The van der Waals surface area contributed by atoms with Gasteiger partial charge in [0, 0.05) is 11.0 Å². The highest BCUT2D eigenvalue weighted by Crippen LogP contribution is 2.36. The van der Waals surface area contributed by atoms with E-state index in [9.17, 15) is 9.90 Å². The molecular weight excluding hydrogens is 211 g/mol. The zero-order chi connectivity index (χ0) is 10.1. The second-order valence-electron chi connectivity index (χ2n) is 2.96. The van der Waals surface area contributed by atoms with E-state index in [1.807, 2.05) is 6.92 Å². The monoisotopic (exact) mass is 219 g/mol. The molecule has 0 aliphatic heterocycles. The Balaban J connectivity index is 3.01. The molecule has 1 aliphatic rings. The Bertz CT molecular complexity index is 283. The van der Waals surface area contributed by atoms with Crippen molar-refractivity contribution >= 4 is 29.2 Å². The number of carbonyl (C=O) groups excluding carboxylic acids is 1. The second kappa shape index (κ2) is 3.72. The van der Waals surface area contributed by atoms with Gasteiger partial charge in [-0.25, -0.2) is 0 Å². The Morgan fingerprint density at radius 2 is 2.38 bits per heavy atom. The van der Waals surface area contributed by atoms with Crippen LogP contribution in [-0.4, -0.2) is 10.8 Å².